The molecule has 6 rings (SSSR count). The SMILES string of the molecule is CC(=O)C1C(c2cccc(Cl)c2)C2(C(=O)c3ccccc3C2=O)C2C=Cc3cc(Cl)ccc3N12. The van der Waals surface area contributed by atoms with Gasteiger partial charge in [-0.2, -0.15) is 0 Å². The van der Waals surface area contributed by atoms with Gasteiger partial charge in [-0.25, -0.2) is 0 Å². The van der Waals surface area contributed by atoms with E-state index in [0.29, 0.717) is 26.7 Å². The molecule has 0 saturated carbocycles. The van der Waals surface area contributed by atoms with E-state index in [1.165, 1.54) is 6.92 Å². The average Bonchev–Trinajstić information content (AvgIpc) is 3.26. The summed E-state index contributed by atoms with van der Waals surface area (Å²) in [6, 6.07) is 18.1. The Morgan fingerprint density at radius 1 is 0.882 bits per heavy atom. The van der Waals surface area contributed by atoms with Gasteiger partial charge in [0.25, 0.3) is 0 Å². The summed E-state index contributed by atoms with van der Waals surface area (Å²) in [5.41, 5.74) is 1.63. The second-order valence-electron chi connectivity index (χ2n) is 9.08. The van der Waals surface area contributed by atoms with Crippen LogP contribution in [0.25, 0.3) is 6.08 Å². The summed E-state index contributed by atoms with van der Waals surface area (Å²) in [6.45, 7) is 1.52. The number of carbonyl (C=O) groups excluding carboxylic acids is 3. The number of benzene rings is 3. The highest BCUT2D eigenvalue weighted by Gasteiger charge is 2.71. The fourth-order valence-electron chi connectivity index (χ4n) is 6.17. The van der Waals surface area contributed by atoms with Crippen molar-refractivity contribution in [3.05, 3.63) is 105 Å². The number of halogens is 2. The lowest BCUT2D eigenvalue weighted by Crippen LogP contribution is -2.48. The van der Waals surface area contributed by atoms with E-state index < -0.39 is 23.4 Å². The largest absolute Gasteiger partial charge is 0.352 e. The Balaban J connectivity index is 1.69. The molecule has 2 aliphatic heterocycles. The quantitative estimate of drug-likeness (QED) is 0.415. The van der Waals surface area contributed by atoms with Gasteiger partial charge < -0.3 is 4.90 Å². The molecular weight excluding hydrogens is 469 g/mol. The molecule has 0 amide bonds. The molecule has 6 heteroatoms. The third-order valence-corrected chi connectivity index (χ3v) is 7.86. The van der Waals surface area contributed by atoms with Crippen LogP contribution in [0.4, 0.5) is 5.69 Å². The molecule has 1 spiro atoms. The van der Waals surface area contributed by atoms with Crippen LogP contribution >= 0.6 is 23.2 Å². The third-order valence-electron chi connectivity index (χ3n) is 7.39. The molecule has 168 valence electrons. The van der Waals surface area contributed by atoms with Crippen LogP contribution in [0.3, 0.4) is 0 Å². The highest BCUT2D eigenvalue weighted by molar-refractivity contribution is 6.33. The van der Waals surface area contributed by atoms with Gasteiger partial charge >= 0.3 is 0 Å². The minimum atomic E-state index is -1.49. The molecule has 3 aliphatic rings. The standard InChI is InChI=1S/C28H19Cl2NO3/c1-15(32)25-24(17-5-4-6-18(29)14-17)28(26(33)20-7-2-3-8-21(20)27(28)34)23-12-9-16-13-19(30)10-11-22(16)31(23)25/h2-14,23-25H,1H3. The summed E-state index contributed by atoms with van der Waals surface area (Å²) < 4.78 is 0. The van der Waals surface area contributed by atoms with Crippen molar-refractivity contribution < 1.29 is 14.4 Å². The first-order valence-electron chi connectivity index (χ1n) is 11.1. The van der Waals surface area contributed by atoms with Crippen LogP contribution in [0.15, 0.2) is 72.8 Å². The summed E-state index contributed by atoms with van der Waals surface area (Å²) in [5.74, 6) is -1.34. The third kappa shape index (κ3) is 2.64. The zero-order valence-electron chi connectivity index (χ0n) is 18.2. The van der Waals surface area contributed by atoms with Gasteiger partial charge in [0.2, 0.25) is 0 Å². The molecule has 4 nitrogen and oxygen atoms in total. The van der Waals surface area contributed by atoms with Gasteiger partial charge in [0.15, 0.2) is 17.3 Å². The van der Waals surface area contributed by atoms with Gasteiger partial charge in [0.05, 0.1) is 12.1 Å². The van der Waals surface area contributed by atoms with Crippen LogP contribution in [0, 0.1) is 5.41 Å². The van der Waals surface area contributed by atoms with E-state index in [-0.39, 0.29) is 17.3 Å². The monoisotopic (exact) mass is 487 g/mol. The number of hydrogen-bond acceptors (Lipinski definition) is 4. The number of anilines is 1. The maximum atomic E-state index is 14.2. The van der Waals surface area contributed by atoms with Crippen LogP contribution in [-0.4, -0.2) is 29.4 Å². The van der Waals surface area contributed by atoms with E-state index in [9.17, 15) is 14.4 Å². The Morgan fingerprint density at radius 3 is 2.21 bits per heavy atom. The van der Waals surface area contributed by atoms with E-state index >= 15 is 0 Å². The number of Topliss-reactive ketones (excluding diaryl/α,β-unsaturated/α-hetero) is 3. The average molecular weight is 488 g/mol. The van der Waals surface area contributed by atoms with Crippen molar-refractivity contribution >= 4 is 52.3 Å². The van der Waals surface area contributed by atoms with E-state index in [1.807, 2.05) is 35.3 Å². The smallest absolute Gasteiger partial charge is 0.180 e. The number of rotatable bonds is 2. The Kier molecular flexibility index (Phi) is 4.64. The van der Waals surface area contributed by atoms with Crippen LogP contribution in [0.5, 0.6) is 0 Å². The van der Waals surface area contributed by atoms with E-state index in [2.05, 4.69) is 0 Å². The van der Waals surface area contributed by atoms with Crippen molar-refractivity contribution in [2.75, 3.05) is 4.90 Å². The molecule has 3 aromatic rings. The molecule has 3 atom stereocenters. The molecule has 3 aromatic carbocycles. The molecule has 0 radical (unpaired) electrons. The number of carbonyl (C=O) groups is 3. The first kappa shape index (κ1) is 21.3. The minimum absolute atomic E-state index is 0.125. The highest BCUT2D eigenvalue weighted by Crippen LogP contribution is 2.60. The van der Waals surface area contributed by atoms with Gasteiger partial charge in [-0.1, -0.05) is 71.8 Å². The molecule has 1 saturated heterocycles. The Hall–Kier alpha value is -3.21. The van der Waals surface area contributed by atoms with Crippen molar-refractivity contribution in [3.63, 3.8) is 0 Å². The summed E-state index contributed by atoms with van der Waals surface area (Å²) in [6.07, 6.45) is 3.77. The number of nitrogens with zero attached hydrogens (tertiary/aromatic N) is 1. The molecule has 1 fully saturated rings. The van der Waals surface area contributed by atoms with Gasteiger partial charge in [-0.15, -0.1) is 0 Å². The maximum absolute atomic E-state index is 14.2. The zero-order chi connectivity index (χ0) is 23.8. The number of ketones is 3. The van der Waals surface area contributed by atoms with E-state index in [1.54, 1.807) is 48.5 Å². The van der Waals surface area contributed by atoms with Gasteiger partial charge in [0, 0.05) is 32.8 Å². The first-order valence-corrected chi connectivity index (χ1v) is 11.8. The van der Waals surface area contributed by atoms with Gasteiger partial charge in [-0.05, 0) is 48.4 Å². The number of fused-ring (bicyclic) bond motifs is 5. The van der Waals surface area contributed by atoms with Crippen molar-refractivity contribution in [1.82, 2.24) is 0 Å². The molecular formula is C28H19Cl2NO3. The van der Waals surface area contributed by atoms with Crippen LogP contribution in [-0.2, 0) is 4.79 Å². The molecule has 0 N–H and O–H groups in total. The Bertz CT molecular complexity index is 1410. The van der Waals surface area contributed by atoms with Gasteiger partial charge in [0.1, 0.15) is 5.41 Å². The molecule has 0 bridgehead atoms. The topological polar surface area (TPSA) is 54.5 Å². The minimum Gasteiger partial charge on any atom is -0.352 e. The molecule has 0 aromatic heterocycles. The van der Waals surface area contributed by atoms with Crippen molar-refractivity contribution in [2.24, 2.45) is 5.41 Å². The van der Waals surface area contributed by atoms with E-state index in [0.717, 1.165) is 11.3 Å². The van der Waals surface area contributed by atoms with Crippen LogP contribution in [0.1, 0.15) is 44.7 Å². The zero-order valence-corrected chi connectivity index (χ0v) is 19.7. The number of hydrogen-bond donors (Lipinski definition) is 0. The Morgan fingerprint density at radius 2 is 1.56 bits per heavy atom. The lowest BCUT2D eigenvalue weighted by Gasteiger charge is -2.37. The maximum Gasteiger partial charge on any atom is 0.180 e. The summed E-state index contributed by atoms with van der Waals surface area (Å²) in [7, 11) is 0. The predicted molar refractivity (Wildman–Crippen MR) is 133 cm³/mol. The lowest BCUT2D eigenvalue weighted by atomic mass is 9.64. The Labute approximate surface area is 206 Å². The lowest BCUT2D eigenvalue weighted by molar-refractivity contribution is -0.118. The summed E-state index contributed by atoms with van der Waals surface area (Å²) in [4.78, 5) is 43.8. The predicted octanol–water partition coefficient (Wildman–Crippen LogP) is 6.02. The second kappa shape index (κ2) is 7.39. The normalized spacial score (nSPS) is 23.7. The molecule has 1 aliphatic carbocycles. The second-order valence-corrected chi connectivity index (χ2v) is 9.95. The molecule has 3 unspecified atom stereocenters. The fraction of sp³-hybridized carbons (Fsp3) is 0.179. The van der Waals surface area contributed by atoms with Gasteiger partial charge in [-0.3, -0.25) is 14.4 Å². The van der Waals surface area contributed by atoms with Crippen LogP contribution < -0.4 is 4.90 Å². The van der Waals surface area contributed by atoms with Crippen molar-refractivity contribution in [1.29, 1.82) is 0 Å². The fourth-order valence-corrected chi connectivity index (χ4v) is 6.55. The van der Waals surface area contributed by atoms with Crippen molar-refractivity contribution in [2.45, 2.75) is 24.9 Å². The molecule has 34 heavy (non-hydrogen) atoms. The first-order chi connectivity index (χ1) is 16.4. The van der Waals surface area contributed by atoms with Crippen molar-refractivity contribution in [3.8, 4) is 0 Å². The van der Waals surface area contributed by atoms with Crippen LogP contribution in [0.2, 0.25) is 10.0 Å². The van der Waals surface area contributed by atoms with E-state index in [4.69, 9.17) is 23.2 Å². The summed E-state index contributed by atoms with van der Waals surface area (Å²) >= 11 is 12.6. The highest BCUT2D eigenvalue weighted by atomic mass is 35.5. The molecule has 2 heterocycles. The summed E-state index contributed by atoms with van der Waals surface area (Å²) in [5, 5.41) is 1.06.